The molecular weight excluding hydrogens is 389 g/mol. The quantitative estimate of drug-likeness (QED) is 0.195. The molecule has 0 aromatic heterocycles. The Bertz CT molecular complexity index is 1070. The lowest BCUT2D eigenvalue weighted by molar-refractivity contribution is -0.385. The van der Waals surface area contributed by atoms with Crippen LogP contribution in [0.4, 0.5) is 33.3 Å². The molecule has 3 rings (SSSR count). The number of anilines is 1. The lowest BCUT2D eigenvalue weighted by Crippen LogP contribution is -2.25. The van der Waals surface area contributed by atoms with Crippen LogP contribution in [0.1, 0.15) is 12.5 Å². The molecule has 0 spiro atoms. The number of amides is 1. The molecule has 0 bridgehead atoms. The van der Waals surface area contributed by atoms with E-state index in [1.165, 1.54) is 31.2 Å². The smallest absolute Gasteiger partial charge is 0.267 e. The molecule has 0 aliphatic carbocycles. The Morgan fingerprint density at radius 3 is 2.11 bits per heavy atom. The molecule has 0 saturated heterocycles. The fraction of sp³-hybridized carbons (Fsp3) is 0.0588. The van der Waals surface area contributed by atoms with Crippen LogP contribution in [-0.4, -0.2) is 16.5 Å². The van der Waals surface area contributed by atoms with Crippen LogP contribution in [0.5, 0.6) is 0 Å². The molecule has 0 radical (unpaired) electrons. The van der Waals surface area contributed by atoms with Gasteiger partial charge in [-0.25, -0.2) is 22.0 Å². The van der Waals surface area contributed by atoms with Crippen LogP contribution in [0.25, 0.3) is 6.08 Å². The topological polar surface area (TPSA) is 75.8 Å². The highest BCUT2D eigenvalue weighted by Crippen LogP contribution is 2.34. The zero-order chi connectivity index (χ0) is 20.7. The molecule has 0 fully saturated rings. The van der Waals surface area contributed by atoms with E-state index >= 15 is 0 Å². The third kappa shape index (κ3) is 2.90. The first-order chi connectivity index (χ1) is 13.1. The van der Waals surface area contributed by atoms with Gasteiger partial charge in [0, 0.05) is 6.07 Å². The maximum Gasteiger partial charge on any atom is 0.280 e. The third-order valence-corrected chi connectivity index (χ3v) is 3.89. The third-order valence-electron chi connectivity index (χ3n) is 3.89. The van der Waals surface area contributed by atoms with Crippen molar-refractivity contribution in [1.82, 2.24) is 0 Å². The lowest BCUT2D eigenvalue weighted by atomic mass is 10.1. The van der Waals surface area contributed by atoms with Crippen LogP contribution < -0.4 is 5.01 Å². The fourth-order valence-corrected chi connectivity index (χ4v) is 2.55. The predicted octanol–water partition coefficient (Wildman–Crippen LogP) is 4.10. The number of carbonyl (C=O) groups excluding carboxylic acids is 1. The van der Waals surface area contributed by atoms with Crippen molar-refractivity contribution in [2.45, 2.75) is 6.92 Å². The molecule has 144 valence electrons. The van der Waals surface area contributed by atoms with Gasteiger partial charge in [0.05, 0.1) is 21.8 Å². The van der Waals surface area contributed by atoms with Gasteiger partial charge in [-0.3, -0.25) is 14.9 Å². The molecule has 6 nitrogen and oxygen atoms in total. The standard InChI is InChI=1S/C17H8F5N3O3/c1-7-9(6-8-4-2-3-5-10(8)25(27)28)17(26)24(23-7)16-14(21)12(19)11(18)13(20)15(16)22/h2-6H,1H3/b9-6+. The predicted molar refractivity (Wildman–Crippen MR) is 87.9 cm³/mol. The number of hydrogen-bond donors (Lipinski definition) is 0. The van der Waals surface area contributed by atoms with E-state index in [4.69, 9.17) is 0 Å². The fourth-order valence-electron chi connectivity index (χ4n) is 2.55. The van der Waals surface area contributed by atoms with Gasteiger partial charge >= 0.3 is 0 Å². The number of nitrogens with zero attached hydrogens (tertiary/aromatic N) is 3. The first-order valence-corrected chi connectivity index (χ1v) is 7.51. The Labute approximate surface area is 153 Å². The van der Waals surface area contributed by atoms with Crippen molar-refractivity contribution in [3.63, 3.8) is 0 Å². The molecule has 0 saturated carbocycles. The van der Waals surface area contributed by atoms with E-state index in [0.29, 0.717) is 0 Å². The minimum Gasteiger partial charge on any atom is -0.267 e. The summed E-state index contributed by atoms with van der Waals surface area (Å²) in [4.78, 5) is 22.9. The molecule has 0 atom stereocenters. The molecule has 2 aromatic carbocycles. The lowest BCUT2D eigenvalue weighted by Gasteiger charge is -2.15. The molecule has 1 aliphatic rings. The first-order valence-electron chi connectivity index (χ1n) is 7.51. The van der Waals surface area contributed by atoms with E-state index in [1.807, 2.05) is 0 Å². The Morgan fingerprint density at radius 2 is 1.54 bits per heavy atom. The van der Waals surface area contributed by atoms with Gasteiger partial charge in [-0.05, 0) is 19.1 Å². The van der Waals surface area contributed by atoms with E-state index in [9.17, 15) is 36.9 Å². The summed E-state index contributed by atoms with van der Waals surface area (Å²) < 4.78 is 68.0. The number of carbonyl (C=O) groups is 1. The number of rotatable bonds is 3. The van der Waals surface area contributed by atoms with Gasteiger partial charge in [0.2, 0.25) is 5.82 Å². The normalized spacial score (nSPS) is 15.4. The second-order valence-electron chi connectivity index (χ2n) is 5.59. The summed E-state index contributed by atoms with van der Waals surface area (Å²) in [5.41, 5.74) is -2.34. The van der Waals surface area contributed by atoms with Gasteiger partial charge in [0.1, 0.15) is 5.69 Å². The highest BCUT2D eigenvalue weighted by Gasteiger charge is 2.37. The van der Waals surface area contributed by atoms with Crippen LogP contribution in [0.15, 0.2) is 34.9 Å². The summed E-state index contributed by atoms with van der Waals surface area (Å²) in [6.45, 7) is 1.24. The van der Waals surface area contributed by atoms with Crippen LogP contribution in [-0.2, 0) is 4.79 Å². The Hall–Kier alpha value is -3.63. The number of benzene rings is 2. The van der Waals surface area contributed by atoms with Gasteiger partial charge in [-0.1, -0.05) is 12.1 Å². The van der Waals surface area contributed by atoms with Crippen LogP contribution >= 0.6 is 0 Å². The summed E-state index contributed by atoms with van der Waals surface area (Å²) in [6.07, 6.45) is 1.05. The van der Waals surface area contributed by atoms with Crippen LogP contribution in [0, 0.1) is 39.2 Å². The zero-order valence-electron chi connectivity index (χ0n) is 13.8. The number of para-hydroxylation sites is 1. The maximum atomic E-state index is 14.0. The number of nitro benzene ring substituents is 1. The second-order valence-corrected chi connectivity index (χ2v) is 5.59. The SMILES string of the molecule is CC1=NN(c2c(F)c(F)c(F)c(F)c2F)C(=O)/C1=C/c1ccccc1[N+](=O)[O-]. The molecular formula is C17H8F5N3O3. The molecule has 2 aromatic rings. The Balaban J connectivity index is 2.13. The van der Waals surface area contributed by atoms with E-state index in [2.05, 4.69) is 5.10 Å². The summed E-state index contributed by atoms with van der Waals surface area (Å²) >= 11 is 0. The number of nitro groups is 1. The van der Waals surface area contributed by atoms with E-state index in [1.54, 1.807) is 0 Å². The summed E-state index contributed by atoms with van der Waals surface area (Å²) in [7, 11) is 0. The average molecular weight is 397 g/mol. The van der Waals surface area contributed by atoms with Gasteiger partial charge in [-0.15, -0.1) is 0 Å². The highest BCUT2D eigenvalue weighted by atomic mass is 19.2. The van der Waals surface area contributed by atoms with Crippen LogP contribution in [0.2, 0.25) is 0 Å². The highest BCUT2D eigenvalue weighted by molar-refractivity contribution is 6.32. The monoisotopic (exact) mass is 397 g/mol. The molecule has 11 heteroatoms. The van der Waals surface area contributed by atoms with Crippen molar-refractivity contribution < 1.29 is 31.7 Å². The largest absolute Gasteiger partial charge is 0.280 e. The van der Waals surface area contributed by atoms with Crippen LogP contribution in [0.3, 0.4) is 0 Å². The van der Waals surface area contributed by atoms with Gasteiger partial charge in [-0.2, -0.15) is 10.1 Å². The first kappa shape index (κ1) is 19.1. The Kier molecular flexibility index (Phi) is 4.67. The van der Waals surface area contributed by atoms with Crippen molar-refractivity contribution in [3.05, 3.63) is 74.6 Å². The van der Waals surface area contributed by atoms with Crippen molar-refractivity contribution in [1.29, 1.82) is 0 Å². The summed E-state index contributed by atoms with van der Waals surface area (Å²) in [5.74, 6) is -12.5. The molecule has 0 N–H and O–H groups in total. The number of halogens is 5. The molecule has 28 heavy (non-hydrogen) atoms. The van der Waals surface area contributed by atoms with Crippen molar-refractivity contribution in [2.75, 3.05) is 5.01 Å². The van der Waals surface area contributed by atoms with Crippen molar-refractivity contribution in [2.24, 2.45) is 5.10 Å². The minimum absolute atomic E-state index is 0.00957. The van der Waals surface area contributed by atoms with Gasteiger partial charge in [0.15, 0.2) is 23.3 Å². The van der Waals surface area contributed by atoms with E-state index in [0.717, 1.165) is 6.08 Å². The molecule has 1 heterocycles. The zero-order valence-corrected chi connectivity index (χ0v) is 13.8. The molecule has 1 aliphatic heterocycles. The number of hydrazone groups is 1. The average Bonchev–Trinajstić information content (AvgIpc) is 2.93. The summed E-state index contributed by atoms with van der Waals surface area (Å²) in [6, 6.07) is 5.32. The van der Waals surface area contributed by atoms with Gasteiger partial charge < -0.3 is 0 Å². The van der Waals surface area contributed by atoms with Crippen molar-refractivity contribution >= 4 is 29.1 Å². The van der Waals surface area contributed by atoms with Crippen molar-refractivity contribution in [3.8, 4) is 0 Å². The number of hydrogen-bond acceptors (Lipinski definition) is 4. The molecule has 0 unspecified atom stereocenters. The second kappa shape index (κ2) is 6.83. The van der Waals surface area contributed by atoms with E-state index in [-0.39, 0.29) is 27.5 Å². The Morgan fingerprint density at radius 1 is 1.00 bits per heavy atom. The van der Waals surface area contributed by atoms with Gasteiger partial charge in [0.25, 0.3) is 11.6 Å². The van der Waals surface area contributed by atoms with E-state index < -0.39 is 45.6 Å². The minimum atomic E-state index is -2.37. The molecule has 1 amide bonds. The maximum absolute atomic E-state index is 14.0. The summed E-state index contributed by atoms with van der Waals surface area (Å²) in [5, 5.41) is 14.7.